The smallest absolute Gasteiger partial charge is 0.871 e. The van der Waals surface area contributed by atoms with Crippen LogP contribution in [0.5, 0.6) is 17.2 Å². The van der Waals surface area contributed by atoms with Gasteiger partial charge in [0.15, 0.2) is 0 Å². The number of hydrogen-bond acceptors (Lipinski definition) is 4. The molecule has 1 N–H and O–H groups in total. The largest absolute Gasteiger partial charge is 1.00 e. The number of unbranched alkanes of at least 4 members (excludes halogenated alkanes) is 10. The SMILES string of the molecule is CCCCCCCCCCCCCc1ccc(Oc2cccc([O-])c2S(=O)(=O)O)cc1.[K+]. The Morgan fingerprint density at radius 3 is 1.88 bits per heavy atom. The number of aryl methyl sites for hydroxylation is 1. The second-order valence-corrected chi connectivity index (χ2v) is 9.45. The van der Waals surface area contributed by atoms with E-state index in [4.69, 9.17) is 4.74 Å². The summed E-state index contributed by atoms with van der Waals surface area (Å²) in [7, 11) is -4.66. The van der Waals surface area contributed by atoms with Crippen LogP contribution in [0.2, 0.25) is 0 Å². The van der Waals surface area contributed by atoms with Crippen LogP contribution < -0.4 is 61.2 Å². The Balaban J connectivity index is 0.00000512. The Labute approximate surface area is 236 Å². The van der Waals surface area contributed by atoms with Crippen molar-refractivity contribution < 1.29 is 74.2 Å². The molecule has 0 saturated carbocycles. The van der Waals surface area contributed by atoms with Crippen LogP contribution in [-0.4, -0.2) is 13.0 Å². The molecule has 7 heteroatoms. The normalized spacial score (nSPS) is 11.2. The minimum atomic E-state index is -4.66. The molecule has 0 saturated heterocycles. The molecule has 2 aromatic carbocycles. The summed E-state index contributed by atoms with van der Waals surface area (Å²) in [6.45, 7) is 2.25. The Kier molecular flexibility index (Phi) is 15.0. The minimum Gasteiger partial charge on any atom is -0.871 e. The molecule has 0 fully saturated rings. The Bertz CT molecular complexity index is 882. The quantitative estimate of drug-likeness (QED) is 0.236. The van der Waals surface area contributed by atoms with E-state index >= 15 is 0 Å². The van der Waals surface area contributed by atoms with E-state index in [0.717, 1.165) is 18.9 Å². The van der Waals surface area contributed by atoms with E-state index in [0.29, 0.717) is 5.75 Å². The Morgan fingerprint density at radius 1 is 0.812 bits per heavy atom. The van der Waals surface area contributed by atoms with Crippen molar-refractivity contribution in [2.45, 2.75) is 88.9 Å². The van der Waals surface area contributed by atoms with Crippen LogP contribution in [0.15, 0.2) is 47.4 Å². The minimum absolute atomic E-state index is 0. The van der Waals surface area contributed by atoms with Crippen LogP contribution in [-0.2, 0) is 16.5 Å². The van der Waals surface area contributed by atoms with Gasteiger partial charge in [-0.2, -0.15) is 8.42 Å². The van der Waals surface area contributed by atoms with E-state index in [2.05, 4.69) is 6.92 Å². The zero-order valence-electron chi connectivity index (χ0n) is 19.5. The van der Waals surface area contributed by atoms with E-state index in [-0.39, 0.29) is 57.1 Å². The van der Waals surface area contributed by atoms with Crippen molar-refractivity contribution in [3.05, 3.63) is 48.0 Å². The van der Waals surface area contributed by atoms with Crippen LogP contribution >= 0.6 is 0 Å². The maximum absolute atomic E-state index is 11.8. The average molecular weight is 487 g/mol. The molecular weight excluding hydrogens is 451 g/mol. The van der Waals surface area contributed by atoms with Crippen molar-refractivity contribution in [1.82, 2.24) is 0 Å². The van der Waals surface area contributed by atoms with Gasteiger partial charge in [-0.3, -0.25) is 4.55 Å². The summed E-state index contributed by atoms with van der Waals surface area (Å²) in [6, 6.07) is 11.2. The van der Waals surface area contributed by atoms with Gasteiger partial charge in [0, 0.05) is 0 Å². The van der Waals surface area contributed by atoms with Gasteiger partial charge in [-0.1, -0.05) is 101 Å². The molecule has 0 amide bonds. The maximum Gasteiger partial charge on any atom is 1.00 e. The van der Waals surface area contributed by atoms with Crippen LogP contribution in [0.3, 0.4) is 0 Å². The predicted octanol–water partition coefficient (Wildman–Crippen LogP) is 3.66. The summed E-state index contributed by atoms with van der Waals surface area (Å²) in [4.78, 5) is -0.736. The van der Waals surface area contributed by atoms with E-state index < -0.39 is 20.8 Å². The number of hydrogen-bond donors (Lipinski definition) is 1. The third kappa shape index (κ3) is 11.1. The molecular formula is C25H35KO5S. The van der Waals surface area contributed by atoms with Crippen LogP contribution in [0, 0.1) is 0 Å². The Morgan fingerprint density at radius 2 is 1.34 bits per heavy atom. The van der Waals surface area contributed by atoms with Crippen LogP contribution in [0.25, 0.3) is 0 Å². The summed E-state index contributed by atoms with van der Waals surface area (Å²) in [5.74, 6) is -0.556. The summed E-state index contributed by atoms with van der Waals surface area (Å²) in [5, 5.41) is 11.8. The van der Waals surface area contributed by atoms with E-state index in [1.807, 2.05) is 12.1 Å². The van der Waals surface area contributed by atoms with Crippen LogP contribution in [0.1, 0.15) is 83.1 Å². The molecule has 172 valence electrons. The van der Waals surface area contributed by atoms with Crippen molar-refractivity contribution in [2.24, 2.45) is 0 Å². The molecule has 2 rings (SSSR count). The molecule has 0 spiro atoms. The number of ether oxygens (including phenoxy) is 1. The fourth-order valence-corrected chi connectivity index (χ4v) is 4.36. The fourth-order valence-electron chi connectivity index (χ4n) is 3.67. The molecule has 0 bridgehead atoms. The predicted molar refractivity (Wildman–Crippen MR) is 122 cm³/mol. The van der Waals surface area contributed by atoms with Gasteiger partial charge in [-0.05, 0) is 36.6 Å². The molecule has 0 unspecified atom stereocenters. The van der Waals surface area contributed by atoms with Gasteiger partial charge in [0.25, 0.3) is 10.1 Å². The van der Waals surface area contributed by atoms with Crippen molar-refractivity contribution in [3.63, 3.8) is 0 Å². The molecule has 0 aliphatic rings. The molecule has 0 aliphatic heterocycles. The van der Waals surface area contributed by atoms with Crippen molar-refractivity contribution in [1.29, 1.82) is 0 Å². The monoisotopic (exact) mass is 486 g/mol. The van der Waals surface area contributed by atoms with Gasteiger partial charge in [-0.25, -0.2) is 0 Å². The summed E-state index contributed by atoms with van der Waals surface area (Å²) < 4.78 is 37.8. The first-order valence-electron chi connectivity index (χ1n) is 11.5. The van der Waals surface area contributed by atoms with E-state index in [9.17, 15) is 18.1 Å². The fraction of sp³-hybridized carbons (Fsp3) is 0.520. The zero-order chi connectivity index (χ0) is 22.5. The second kappa shape index (κ2) is 16.3. The van der Waals surface area contributed by atoms with E-state index in [1.165, 1.54) is 81.9 Å². The summed E-state index contributed by atoms with van der Waals surface area (Å²) >= 11 is 0. The van der Waals surface area contributed by atoms with Gasteiger partial charge in [0.2, 0.25) is 0 Å². The zero-order valence-corrected chi connectivity index (χ0v) is 23.5. The summed E-state index contributed by atoms with van der Waals surface area (Å²) in [6.07, 6.45) is 15.5. The molecule has 2 aromatic rings. The standard InChI is InChI=1S/C25H36O5S.K/c1-2-3-4-5-6-7-8-9-10-11-12-14-21-17-19-22(20-18-21)30-24-16-13-15-23(26)25(24)31(27,28)29;/h13,15-20,26H,2-12,14H2,1H3,(H,27,28,29);/q;+1/p-1. The Hall–Kier alpha value is -0.414. The van der Waals surface area contributed by atoms with E-state index in [1.54, 1.807) is 12.1 Å². The molecule has 5 nitrogen and oxygen atoms in total. The maximum atomic E-state index is 11.8. The number of benzene rings is 2. The molecule has 0 aromatic heterocycles. The van der Waals surface area contributed by atoms with Gasteiger partial charge >= 0.3 is 51.4 Å². The molecule has 0 atom stereocenters. The third-order valence-electron chi connectivity index (χ3n) is 5.42. The first-order valence-corrected chi connectivity index (χ1v) is 12.9. The van der Waals surface area contributed by atoms with Gasteiger partial charge in [-0.15, -0.1) is 0 Å². The molecule has 0 heterocycles. The van der Waals surface area contributed by atoms with Crippen molar-refractivity contribution in [2.75, 3.05) is 0 Å². The second-order valence-electron chi connectivity index (χ2n) is 8.09. The molecule has 0 radical (unpaired) electrons. The van der Waals surface area contributed by atoms with Gasteiger partial charge < -0.3 is 9.84 Å². The third-order valence-corrected chi connectivity index (χ3v) is 6.34. The molecule has 0 aliphatic carbocycles. The van der Waals surface area contributed by atoms with Gasteiger partial charge in [0.1, 0.15) is 16.4 Å². The van der Waals surface area contributed by atoms with Crippen LogP contribution in [0.4, 0.5) is 0 Å². The van der Waals surface area contributed by atoms with Gasteiger partial charge in [0.05, 0.1) is 0 Å². The van der Waals surface area contributed by atoms with Crippen molar-refractivity contribution in [3.8, 4) is 17.2 Å². The number of rotatable bonds is 15. The topological polar surface area (TPSA) is 86.7 Å². The molecule has 32 heavy (non-hydrogen) atoms. The van der Waals surface area contributed by atoms with Crippen molar-refractivity contribution >= 4 is 10.1 Å². The average Bonchev–Trinajstić information content (AvgIpc) is 2.72. The first kappa shape index (κ1) is 29.6. The first-order chi connectivity index (χ1) is 14.9. The summed E-state index contributed by atoms with van der Waals surface area (Å²) in [5.41, 5.74) is 1.19.